The SMILES string of the molecule is COC(=O)c1cn(-c2nc3ccc(OC)cc3s2)cc2c(=O)n(-c3ccc(OC)cc3)nc1-2. The molecule has 33 heavy (non-hydrogen) atoms. The largest absolute Gasteiger partial charge is 0.497 e. The fourth-order valence-electron chi connectivity index (χ4n) is 3.50. The van der Waals surface area contributed by atoms with Crippen molar-refractivity contribution in [2.45, 2.75) is 0 Å². The Kier molecular flexibility index (Phi) is 5.06. The first-order valence-electron chi connectivity index (χ1n) is 9.85. The van der Waals surface area contributed by atoms with Crippen LogP contribution in [0.4, 0.5) is 0 Å². The van der Waals surface area contributed by atoms with Crippen molar-refractivity contribution < 1.29 is 19.0 Å². The first-order chi connectivity index (χ1) is 16.0. The predicted octanol–water partition coefficient (Wildman–Crippen LogP) is 3.54. The number of aromatic nitrogens is 4. The number of methoxy groups -OCH3 is 3. The van der Waals surface area contributed by atoms with E-state index in [4.69, 9.17) is 14.2 Å². The molecule has 10 heteroatoms. The van der Waals surface area contributed by atoms with Crippen LogP contribution in [0.5, 0.6) is 11.5 Å². The van der Waals surface area contributed by atoms with Crippen molar-refractivity contribution in [2.75, 3.05) is 21.3 Å². The molecule has 0 radical (unpaired) electrons. The van der Waals surface area contributed by atoms with E-state index >= 15 is 0 Å². The Morgan fingerprint density at radius 3 is 2.39 bits per heavy atom. The minimum atomic E-state index is -0.600. The van der Waals surface area contributed by atoms with Crippen molar-refractivity contribution in [3.63, 3.8) is 0 Å². The summed E-state index contributed by atoms with van der Waals surface area (Å²) in [4.78, 5) is 30.5. The van der Waals surface area contributed by atoms with Gasteiger partial charge in [0.2, 0.25) is 0 Å². The molecule has 0 saturated carbocycles. The lowest BCUT2D eigenvalue weighted by Crippen LogP contribution is -2.15. The number of carbonyl (C=O) groups is 1. The highest BCUT2D eigenvalue weighted by molar-refractivity contribution is 7.20. The first-order valence-corrected chi connectivity index (χ1v) is 10.7. The van der Waals surface area contributed by atoms with Crippen molar-refractivity contribution in [3.05, 3.63) is 70.8 Å². The highest BCUT2D eigenvalue weighted by atomic mass is 32.1. The molecule has 0 aliphatic carbocycles. The van der Waals surface area contributed by atoms with Crippen LogP contribution >= 0.6 is 11.3 Å². The van der Waals surface area contributed by atoms with Gasteiger partial charge in [-0.2, -0.15) is 9.78 Å². The second-order valence-electron chi connectivity index (χ2n) is 7.08. The molecule has 0 atom stereocenters. The second kappa shape index (κ2) is 8.06. The van der Waals surface area contributed by atoms with E-state index in [1.165, 1.54) is 23.1 Å². The number of benzene rings is 2. The zero-order valence-corrected chi connectivity index (χ0v) is 18.8. The van der Waals surface area contributed by atoms with Crippen LogP contribution in [-0.4, -0.2) is 46.6 Å². The summed E-state index contributed by atoms with van der Waals surface area (Å²) >= 11 is 1.41. The van der Waals surface area contributed by atoms with Crippen molar-refractivity contribution in [2.24, 2.45) is 0 Å². The summed E-state index contributed by atoms with van der Waals surface area (Å²) in [5.74, 6) is 0.774. The molecule has 0 unspecified atom stereocenters. The predicted molar refractivity (Wildman–Crippen MR) is 123 cm³/mol. The smallest absolute Gasteiger partial charge is 0.341 e. The average molecular weight is 462 g/mol. The average Bonchev–Trinajstić information content (AvgIpc) is 3.43. The van der Waals surface area contributed by atoms with E-state index in [1.54, 1.807) is 55.4 Å². The Morgan fingerprint density at radius 2 is 1.70 bits per heavy atom. The number of carbonyl (C=O) groups excluding carboxylic acids is 1. The molecule has 3 aromatic rings. The van der Waals surface area contributed by atoms with Gasteiger partial charge in [-0.25, -0.2) is 9.78 Å². The second-order valence-corrected chi connectivity index (χ2v) is 8.09. The summed E-state index contributed by atoms with van der Waals surface area (Å²) in [6.45, 7) is 0. The van der Waals surface area contributed by atoms with Crippen LogP contribution in [0, 0.1) is 0 Å². The van der Waals surface area contributed by atoms with Gasteiger partial charge in [0.1, 0.15) is 22.8 Å². The molecule has 0 saturated heterocycles. The zero-order valence-electron chi connectivity index (χ0n) is 17.9. The lowest BCUT2D eigenvalue weighted by atomic mass is 10.1. The minimum absolute atomic E-state index is 0.163. The van der Waals surface area contributed by atoms with Crippen LogP contribution in [0.25, 0.3) is 32.3 Å². The van der Waals surface area contributed by atoms with Crippen LogP contribution in [-0.2, 0) is 4.74 Å². The molecule has 3 heterocycles. The van der Waals surface area contributed by atoms with Gasteiger partial charge in [-0.3, -0.25) is 9.36 Å². The van der Waals surface area contributed by atoms with Gasteiger partial charge < -0.3 is 14.2 Å². The first kappa shape index (κ1) is 20.7. The van der Waals surface area contributed by atoms with Crippen LogP contribution in [0.15, 0.2) is 59.7 Å². The quantitative estimate of drug-likeness (QED) is 0.369. The Labute approximate surface area is 191 Å². The van der Waals surface area contributed by atoms with Gasteiger partial charge in [-0.05, 0) is 42.5 Å². The van der Waals surface area contributed by atoms with E-state index in [-0.39, 0.29) is 22.4 Å². The fourth-order valence-corrected chi connectivity index (χ4v) is 4.45. The van der Waals surface area contributed by atoms with E-state index in [0.717, 1.165) is 16.0 Å². The summed E-state index contributed by atoms with van der Waals surface area (Å²) in [5, 5.41) is 5.01. The molecule has 0 N–H and O–H groups in total. The topological polar surface area (TPSA) is 97.5 Å². The Morgan fingerprint density at radius 1 is 0.970 bits per heavy atom. The molecule has 0 spiro atoms. The maximum absolute atomic E-state index is 13.3. The van der Waals surface area contributed by atoms with Crippen molar-refractivity contribution in [1.29, 1.82) is 0 Å². The maximum Gasteiger partial charge on any atom is 0.341 e. The third kappa shape index (κ3) is 3.50. The Balaban J connectivity index is 1.71. The number of nitrogens with zero attached hydrogens (tertiary/aromatic N) is 4. The minimum Gasteiger partial charge on any atom is -0.497 e. The molecular weight excluding hydrogens is 444 g/mol. The number of ether oxygens (including phenoxy) is 3. The molecule has 166 valence electrons. The number of rotatable bonds is 5. The molecule has 9 nitrogen and oxygen atoms in total. The van der Waals surface area contributed by atoms with E-state index < -0.39 is 5.97 Å². The van der Waals surface area contributed by atoms with E-state index in [1.807, 2.05) is 18.2 Å². The number of esters is 1. The maximum atomic E-state index is 13.3. The normalized spacial score (nSPS) is 11.1. The summed E-state index contributed by atoms with van der Waals surface area (Å²) in [6, 6.07) is 12.5. The number of pyridine rings is 1. The zero-order chi connectivity index (χ0) is 23.1. The van der Waals surface area contributed by atoms with Crippen molar-refractivity contribution in [3.8, 4) is 33.6 Å². The lowest BCUT2D eigenvalue weighted by molar-refractivity contribution is 0.0600. The standard InChI is InChI=1S/C23H18N4O5S/c1-30-14-6-4-13(5-7-14)27-21(28)16-11-26(12-17(20(16)25-27)22(29)32-3)23-24-18-9-8-15(31-2)10-19(18)33-23/h4-12H,1-3H3. The summed E-state index contributed by atoms with van der Waals surface area (Å²) < 4.78 is 19.2. The van der Waals surface area contributed by atoms with Crippen LogP contribution < -0.4 is 15.0 Å². The van der Waals surface area contributed by atoms with Gasteiger partial charge in [-0.1, -0.05) is 11.3 Å². The van der Waals surface area contributed by atoms with Gasteiger partial charge in [0.15, 0.2) is 5.13 Å². The highest BCUT2D eigenvalue weighted by Crippen LogP contribution is 2.31. The van der Waals surface area contributed by atoms with E-state index in [0.29, 0.717) is 16.6 Å². The van der Waals surface area contributed by atoms with Crippen LogP contribution in [0.2, 0.25) is 0 Å². The Hall–Kier alpha value is -4.18. The number of hydrogen-bond donors (Lipinski definition) is 0. The summed E-state index contributed by atoms with van der Waals surface area (Å²) in [7, 11) is 4.45. The number of thiazole rings is 1. The third-order valence-electron chi connectivity index (χ3n) is 5.20. The van der Waals surface area contributed by atoms with E-state index in [9.17, 15) is 9.59 Å². The summed E-state index contributed by atoms with van der Waals surface area (Å²) in [6.07, 6.45) is 3.21. The van der Waals surface area contributed by atoms with Crippen molar-refractivity contribution in [1.82, 2.24) is 19.3 Å². The van der Waals surface area contributed by atoms with Gasteiger partial charge in [0.05, 0.1) is 42.8 Å². The number of hydrogen-bond acceptors (Lipinski definition) is 8. The molecule has 0 bridgehead atoms. The van der Waals surface area contributed by atoms with Gasteiger partial charge in [0.25, 0.3) is 5.56 Å². The monoisotopic (exact) mass is 462 g/mol. The van der Waals surface area contributed by atoms with Crippen LogP contribution in [0.3, 0.4) is 0 Å². The molecule has 1 aromatic heterocycles. The third-order valence-corrected chi connectivity index (χ3v) is 6.23. The molecule has 2 aromatic carbocycles. The van der Waals surface area contributed by atoms with Gasteiger partial charge >= 0.3 is 5.97 Å². The summed E-state index contributed by atoms with van der Waals surface area (Å²) in [5.41, 5.74) is 1.65. The molecule has 2 aliphatic heterocycles. The van der Waals surface area contributed by atoms with Gasteiger partial charge in [0, 0.05) is 12.4 Å². The number of fused-ring (bicyclic) bond motifs is 2. The molecule has 2 aliphatic rings. The molecule has 5 rings (SSSR count). The lowest BCUT2D eigenvalue weighted by Gasteiger charge is -2.08. The van der Waals surface area contributed by atoms with E-state index in [2.05, 4.69) is 10.1 Å². The van der Waals surface area contributed by atoms with Crippen molar-refractivity contribution >= 4 is 27.5 Å². The fraction of sp³-hybridized carbons (Fsp3) is 0.130. The van der Waals surface area contributed by atoms with Crippen LogP contribution in [0.1, 0.15) is 10.4 Å². The molecule has 0 amide bonds. The van der Waals surface area contributed by atoms with Gasteiger partial charge in [-0.15, -0.1) is 0 Å². The Bertz CT molecular complexity index is 1520. The molecule has 0 fully saturated rings. The highest BCUT2D eigenvalue weighted by Gasteiger charge is 2.26. The molecular formula is C23H18N4O5S.